The Labute approximate surface area is 144 Å². The van der Waals surface area contributed by atoms with Gasteiger partial charge in [0.25, 0.3) is 0 Å². The molecule has 6 nitrogen and oxygen atoms in total. The highest BCUT2D eigenvalue weighted by Crippen LogP contribution is 2.31. The van der Waals surface area contributed by atoms with Crippen LogP contribution in [0.3, 0.4) is 0 Å². The first-order valence-electron chi connectivity index (χ1n) is 9.42. The molecule has 0 N–H and O–H groups in total. The quantitative estimate of drug-likeness (QED) is 0.810. The van der Waals surface area contributed by atoms with Crippen molar-refractivity contribution in [3.8, 4) is 0 Å². The van der Waals surface area contributed by atoms with Gasteiger partial charge in [0.1, 0.15) is 0 Å². The number of rotatable bonds is 4. The Morgan fingerprint density at radius 3 is 2.50 bits per heavy atom. The van der Waals surface area contributed by atoms with Gasteiger partial charge in [0.05, 0.1) is 0 Å². The summed E-state index contributed by atoms with van der Waals surface area (Å²) < 4.78 is 1.86. The lowest BCUT2D eigenvalue weighted by Gasteiger charge is -2.51. The first-order chi connectivity index (χ1) is 11.7. The Hall–Kier alpha value is -1.40. The van der Waals surface area contributed by atoms with Crippen molar-refractivity contribution < 1.29 is 4.79 Å². The molecule has 4 fully saturated rings. The number of nitrogens with zero attached hydrogens (tertiary/aromatic N) is 5. The lowest BCUT2D eigenvalue weighted by atomic mass is 9.83. The van der Waals surface area contributed by atoms with Crippen LogP contribution in [-0.2, 0) is 18.3 Å². The van der Waals surface area contributed by atoms with Crippen LogP contribution in [0.4, 0.5) is 0 Å². The second-order valence-electron chi connectivity index (χ2n) is 7.57. The third-order valence-corrected chi connectivity index (χ3v) is 6.28. The SMILES string of the molecule is Cn1nccc1CCC(=O)N1CCN([C@H]2CN3CCC2CC3)CC1. The Morgan fingerprint density at radius 2 is 1.92 bits per heavy atom. The number of aryl methyl sites for hydroxylation is 2. The van der Waals surface area contributed by atoms with Crippen molar-refractivity contribution in [2.75, 3.05) is 45.8 Å². The molecule has 5 heterocycles. The van der Waals surface area contributed by atoms with Gasteiger partial charge in [-0.1, -0.05) is 0 Å². The predicted molar refractivity (Wildman–Crippen MR) is 92.6 cm³/mol. The molecule has 0 saturated carbocycles. The molecule has 2 bridgehead atoms. The van der Waals surface area contributed by atoms with Crippen molar-refractivity contribution in [3.63, 3.8) is 0 Å². The van der Waals surface area contributed by atoms with Crippen LogP contribution in [-0.4, -0.2) is 82.2 Å². The van der Waals surface area contributed by atoms with E-state index in [4.69, 9.17) is 0 Å². The average Bonchev–Trinajstić information content (AvgIpc) is 3.06. The van der Waals surface area contributed by atoms with Gasteiger partial charge in [-0.3, -0.25) is 14.4 Å². The Kier molecular flexibility index (Phi) is 4.59. The molecule has 1 atom stereocenters. The lowest BCUT2D eigenvalue weighted by Crippen LogP contribution is -2.61. The summed E-state index contributed by atoms with van der Waals surface area (Å²) in [6.45, 7) is 7.74. The van der Waals surface area contributed by atoms with Gasteiger partial charge >= 0.3 is 0 Å². The van der Waals surface area contributed by atoms with Crippen molar-refractivity contribution in [2.24, 2.45) is 13.0 Å². The minimum atomic E-state index is 0.296. The Morgan fingerprint density at radius 1 is 1.17 bits per heavy atom. The third-order valence-electron chi connectivity index (χ3n) is 6.28. The highest BCUT2D eigenvalue weighted by atomic mass is 16.2. The van der Waals surface area contributed by atoms with Crippen molar-refractivity contribution in [1.29, 1.82) is 0 Å². The molecule has 0 aromatic carbocycles. The molecule has 1 amide bonds. The van der Waals surface area contributed by atoms with E-state index in [0.29, 0.717) is 12.3 Å². The number of carbonyl (C=O) groups excluding carboxylic acids is 1. The van der Waals surface area contributed by atoms with Crippen LogP contribution in [0.25, 0.3) is 0 Å². The smallest absolute Gasteiger partial charge is 0.223 e. The van der Waals surface area contributed by atoms with E-state index in [-0.39, 0.29) is 0 Å². The van der Waals surface area contributed by atoms with E-state index >= 15 is 0 Å². The fourth-order valence-electron chi connectivity index (χ4n) is 4.69. The number of hydrogen-bond acceptors (Lipinski definition) is 4. The highest BCUT2D eigenvalue weighted by molar-refractivity contribution is 5.76. The molecule has 0 spiro atoms. The minimum Gasteiger partial charge on any atom is -0.340 e. The molecule has 1 aromatic rings. The molecular weight excluding hydrogens is 302 g/mol. The zero-order chi connectivity index (χ0) is 16.5. The van der Waals surface area contributed by atoms with Crippen molar-refractivity contribution in [1.82, 2.24) is 24.5 Å². The first kappa shape index (κ1) is 16.1. The van der Waals surface area contributed by atoms with E-state index in [9.17, 15) is 4.79 Å². The van der Waals surface area contributed by atoms with E-state index in [0.717, 1.165) is 50.3 Å². The zero-order valence-electron chi connectivity index (χ0n) is 14.7. The van der Waals surface area contributed by atoms with Gasteiger partial charge in [-0.05, 0) is 44.3 Å². The van der Waals surface area contributed by atoms with Crippen LogP contribution in [0.5, 0.6) is 0 Å². The largest absolute Gasteiger partial charge is 0.340 e. The maximum Gasteiger partial charge on any atom is 0.223 e. The molecule has 4 saturated heterocycles. The Balaban J connectivity index is 1.25. The van der Waals surface area contributed by atoms with Gasteiger partial charge in [0.2, 0.25) is 5.91 Å². The van der Waals surface area contributed by atoms with E-state index < -0.39 is 0 Å². The normalized spacial score (nSPS) is 30.7. The van der Waals surface area contributed by atoms with Crippen LogP contribution < -0.4 is 0 Å². The van der Waals surface area contributed by atoms with E-state index in [2.05, 4.69) is 19.8 Å². The zero-order valence-corrected chi connectivity index (χ0v) is 14.7. The van der Waals surface area contributed by atoms with E-state index in [1.807, 2.05) is 17.8 Å². The predicted octanol–water partition coefficient (Wildman–Crippen LogP) is 0.591. The number of piperidine rings is 3. The van der Waals surface area contributed by atoms with Crippen LogP contribution in [0, 0.1) is 5.92 Å². The van der Waals surface area contributed by atoms with Crippen molar-refractivity contribution >= 4 is 5.91 Å². The third kappa shape index (κ3) is 3.22. The number of aromatic nitrogens is 2. The number of fused-ring (bicyclic) bond motifs is 3. The monoisotopic (exact) mass is 331 g/mol. The maximum absolute atomic E-state index is 12.5. The topological polar surface area (TPSA) is 44.6 Å². The number of carbonyl (C=O) groups is 1. The summed E-state index contributed by atoms with van der Waals surface area (Å²) in [6, 6.07) is 2.73. The molecule has 0 unspecified atom stereocenters. The van der Waals surface area contributed by atoms with Crippen molar-refractivity contribution in [3.05, 3.63) is 18.0 Å². The van der Waals surface area contributed by atoms with Crippen LogP contribution in [0.1, 0.15) is 25.0 Å². The number of amides is 1. The van der Waals surface area contributed by atoms with Gasteiger partial charge in [-0.2, -0.15) is 5.10 Å². The lowest BCUT2D eigenvalue weighted by molar-refractivity contribution is -0.134. The van der Waals surface area contributed by atoms with Gasteiger partial charge < -0.3 is 9.80 Å². The molecular formula is C18H29N5O. The van der Waals surface area contributed by atoms with E-state index in [1.165, 1.54) is 32.5 Å². The van der Waals surface area contributed by atoms with Crippen LogP contribution in [0.2, 0.25) is 0 Å². The molecule has 4 aliphatic heterocycles. The van der Waals surface area contributed by atoms with Crippen molar-refractivity contribution in [2.45, 2.75) is 31.7 Å². The Bertz CT molecular complexity index is 570. The number of hydrogen-bond donors (Lipinski definition) is 0. The average molecular weight is 331 g/mol. The van der Waals surface area contributed by atoms with Gasteiger partial charge in [0.15, 0.2) is 0 Å². The fourth-order valence-corrected chi connectivity index (χ4v) is 4.69. The molecule has 132 valence electrons. The van der Waals surface area contributed by atoms with Gasteiger partial charge in [-0.15, -0.1) is 0 Å². The standard InChI is InChI=1S/C18H29N5O/c1-20-16(4-7-19-20)2-3-18(24)23-12-10-22(11-13-23)17-14-21-8-5-15(17)6-9-21/h4,7,15,17H,2-3,5-6,8-14H2,1H3/t17-/m0/s1. The van der Waals surface area contributed by atoms with Crippen LogP contribution in [0.15, 0.2) is 12.3 Å². The molecule has 6 heteroatoms. The van der Waals surface area contributed by atoms with Gasteiger partial charge in [0, 0.05) is 64.1 Å². The summed E-state index contributed by atoms with van der Waals surface area (Å²) in [5.74, 6) is 1.19. The second kappa shape index (κ2) is 6.84. The molecule has 5 rings (SSSR count). The molecule has 0 radical (unpaired) electrons. The molecule has 24 heavy (non-hydrogen) atoms. The van der Waals surface area contributed by atoms with Crippen LogP contribution >= 0.6 is 0 Å². The highest BCUT2D eigenvalue weighted by Gasteiger charge is 2.38. The summed E-state index contributed by atoms with van der Waals surface area (Å²) in [5.41, 5.74) is 1.13. The van der Waals surface area contributed by atoms with E-state index in [1.54, 1.807) is 6.20 Å². The summed E-state index contributed by atoms with van der Waals surface area (Å²) in [4.78, 5) is 19.8. The summed E-state index contributed by atoms with van der Waals surface area (Å²) in [6.07, 6.45) is 5.92. The summed E-state index contributed by atoms with van der Waals surface area (Å²) >= 11 is 0. The maximum atomic E-state index is 12.5. The molecule has 1 aromatic heterocycles. The van der Waals surface area contributed by atoms with Gasteiger partial charge in [-0.25, -0.2) is 0 Å². The first-order valence-corrected chi connectivity index (χ1v) is 9.42. The minimum absolute atomic E-state index is 0.296. The molecule has 4 aliphatic rings. The molecule has 0 aliphatic carbocycles. The summed E-state index contributed by atoms with van der Waals surface area (Å²) in [5, 5.41) is 4.17. The number of piperazine rings is 1. The second-order valence-corrected chi connectivity index (χ2v) is 7.57. The fraction of sp³-hybridized carbons (Fsp3) is 0.778. The summed E-state index contributed by atoms with van der Waals surface area (Å²) in [7, 11) is 1.94.